The Balaban J connectivity index is 1.94. The standard InChI is InChI=1S/C15H22ClN/c1-11-4-2-6-13(8-11)15(17)10-12-5-3-7-14(16)9-12/h3,5,7,9,11,13,15H,2,4,6,8,10,17H2,1H3. The van der Waals surface area contributed by atoms with Crippen molar-refractivity contribution < 1.29 is 0 Å². The third kappa shape index (κ3) is 3.72. The average Bonchev–Trinajstić information content (AvgIpc) is 2.29. The molecule has 2 rings (SSSR count). The Labute approximate surface area is 109 Å². The molecule has 1 aliphatic rings. The van der Waals surface area contributed by atoms with Crippen LogP contribution in [0.4, 0.5) is 0 Å². The first-order chi connectivity index (χ1) is 8.15. The number of halogens is 1. The van der Waals surface area contributed by atoms with Crippen LogP contribution in [-0.2, 0) is 6.42 Å². The fourth-order valence-electron chi connectivity index (χ4n) is 2.97. The second-order valence-electron chi connectivity index (χ2n) is 5.53. The van der Waals surface area contributed by atoms with Crippen molar-refractivity contribution in [1.82, 2.24) is 0 Å². The van der Waals surface area contributed by atoms with E-state index in [4.69, 9.17) is 17.3 Å². The van der Waals surface area contributed by atoms with Crippen molar-refractivity contribution in [2.45, 2.75) is 45.1 Å². The molecule has 94 valence electrons. The number of rotatable bonds is 3. The molecule has 0 spiro atoms. The van der Waals surface area contributed by atoms with Crippen molar-refractivity contribution in [2.24, 2.45) is 17.6 Å². The molecular formula is C15H22ClN. The van der Waals surface area contributed by atoms with Crippen LogP contribution in [0.3, 0.4) is 0 Å². The summed E-state index contributed by atoms with van der Waals surface area (Å²) in [4.78, 5) is 0. The molecule has 2 N–H and O–H groups in total. The lowest BCUT2D eigenvalue weighted by Gasteiger charge is -2.31. The van der Waals surface area contributed by atoms with Gasteiger partial charge in [0, 0.05) is 11.1 Å². The summed E-state index contributed by atoms with van der Waals surface area (Å²) in [6, 6.07) is 8.37. The van der Waals surface area contributed by atoms with Crippen LogP contribution < -0.4 is 5.73 Å². The Bertz CT molecular complexity index is 364. The van der Waals surface area contributed by atoms with Gasteiger partial charge in [0.05, 0.1) is 0 Å². The third-order valence-electron chi connectivity index (χ3n) is 3.94. The number of benzene rings is 1. The van der Waals surface area contributed by atoms with Gasteiger partial charge < -0.3 is 5.73 Å². The molecular weight excluding hydrogens is 230 g/mol. The SMILES string of the molecule is CC1CCCC(C(N)Cc2cccc(Cl)c2)C1. The molecule has 1 saturated carbocycles. The van der Waals surface area contributed by atoms with E-state index in [0.29, 0.717) is 5.92 Å². The number of nitrogens with two attached hydrogens (primary N) is 1. The van der Waals surface area contributed by atoms with Gasteiger partial charge in [0.15, 0.2) is 0 Å². The van der Waals surface area contributed by atoms with Crippen LogP contribution >= 0.6 is 11.6 Å². The van der Waals surface area contributed by atoms with Gasteiger partial charge in [-0.3, -0.25) is 0 Å². The summed E-state index contributed by atoms with van der Waals surface area (Å²) in [6.45, 7) is 2.35. The minimum Gasteiger partial charge on any atom is -0.327 e. The summed E-state index contributed by atoms with van der Waals surface area (Å²) in [5, 5.41) is 0.812. The minimum absolute atomic E-state index is 0.288. The van der Waals surface area contributed by atoms with Crippen LogP contribution in [0.5, 0.6) is 0 Å². The van der Waals surface area contributed by atoms with Crippen LogP contribution in [0.15, 0.2) is 24.3 Å². The predicted octanol–water partition coefficient (Wildman–Crippen LogP) is 4.04. The van der Waals surface area contributed by atoms with Gasteiger partial charge in [-0.1, -0.05) is 43.5 Å². The van der Waals surface area contributed by atoms with Gasteiger partial charge in [-0.15, -0.1) is 0 Å². The van der Waals surface area contributed by atoms with Gasteiger partial charge in [-0.05, 0) is 48.8 Å². The molecule has 0 aromatic heterocycles. The van der Waals surface area contributed by atoms with Gasteiger partial charge in [-0.2, -0.15) is 0 Å². The van der Waals surface area contributed by atoms with E-state index < -0.39 is 0 Å². The molecule has 1 aliphatic carbocycles. The maximum absolute atomic E-state index is 6.35. The maximum atomic E-state index is 6.35. The van der Waals surface area contributed by atoms with Crippen molar-refractivity contribution in [3.05, 3.63) is 34.9 Å². The van der Waals surface area contributed by atoms with Crippen LogP contribution in [0.25, 0.3) is 0 Å². The molecule has 0 heterocycles. The summed E-state index contributed by atoms with van der Waals surface area (Å²) in [7, 11) is 0. The zero-order chi connectivity index (χ0) is 12.3. The lowest BCUT2D eigenvalue weighted by molar-refractivity contribution is 0.245. The molecule has 2 heteroatoms. The van der Waals surface area contributed by atoms with Gasteiger partial charge in [0.25, 0.3) is 0 Å². The Morgan fingerprint density at radius 1 is 1.41 bits per heavy atom. The fourth-order valence-corrected chi connectivity index (χ4v) is 3.19. The second-order valence-corrected chi connectivity index (χ2v) is 5.97. The first-order valence-corrected chi connectivity index (χ1v) is 7.03. The van der Waals surface area contributed by atoms with E-state index in [9.17, 15) is 0 Å². The Hall–Kier alpha value is -0.530. The largest absolute Gasteiger partial charge is 0.327 e. The molecule has 0 saturated heterocycles. The zero-order valence-electron chi connectivity index (χ0n) is 10.5. The fraction of sp³-hybridized carbons (Fsp3) is 0.600. The van der Waals surface area contributed by atoms with Crippen molar-refractivity contribution in [2.75, 3.05) is 0 Å². The molecule has 17 heavy (non-hydrogen) atoms. The van der Waals surface area contributed by atoms with Crippen molar-refractivity contribution in [3.63, 3.8) is 0 Å². The number of hydrogen-bond acceptors (Lipinski definition) is 1. The molecule has 0 radical (unpaired) electrons. The summed E-state index contributed by atoms with van der Waals surface area (Å²) in [6.07, 6.45) is 6.27. The lowest BCUT2D eigenvalue weighted by Crippen LogP contribution is -2.35. The smallest absolute Gasteiger partial charge is 0.0408 e. The Morgan fingerprint density at radius 2 is 2.24 bits per heavy atom. The van der Waals surface area contributed by atoms with Crippen molar-refractivity contribution in [1.29, 1.82) is 0 Å². The van der Waals surface area contributed by atoms with Gasteiger partial charge in [0.2, 0.25) is 0 Å². The van der Waals surface area contributed by atoms with E-state index in [1.165, 1.54) is 31.2 Å². The lowest BCUT2D eigenvalue weighted by atomic mass is 9.77. The van der Waals surface area contributed by atoms with Gasteiger partial charge in [-0.25, -0.2) is 0 Å². The normalized spacial score (nSPS) is 26.8. The Morgan fingerprint density at radius 3 is 2.94 bits per heavy atom. The average molecular weight is 252 g/mol. The highest BCUT2D eigenvalue weighted by Gasteiger charge is 2.24. The summed E-state index contributed by atoms with van der Waals surface area (Å²) in [5.74, 6) is 1.54. The molecule has 1 aromatic rings. The zero-order valence-corrected chi connectivity index (χ0v) is 11.3. The first-order valence-electron chi connectivity index (χ1n) is 6.65. The predicted molar refractivity (Wildman–Crippen MR) is 74.3 cm³/mol. The molecule has 0 bridgehead atoms. The second kappa shape index (κ2) is 5.88. The molecule has 0 aliphatic heterocycles. The van der Waals surface area contributed by atoms with E-state index >= 15 is 0 Å². The molecule has 3 unspecified atom stereocenters. The summed E-state index contributed by atoms with van der Waals surface area (Å²) in [5.41, 5.74) is 7.62. The third-order valence-corrected chi connectivity index (χ3v) is 4.18. The minimum atomic E-state index is 0.288. The van der Waals surface area contributed by atoms with Crippen LogP contribution in [0.1, 0.15) is 38.2 Å². The first kappa shape index (κ1) is 12.9. The quantitative estimate of drug-likeness (QED) is 0.862. The van der Waals surface area contributed by atoms with Crippen molar-refractivity contribution >= 4 is 11.6 Å². The summed E-state index contributed by atoms with van der Waals surface area (Å²) < 4.78 is 0. The van der Waals surface area contributed by atoms with E-state index in [-0.39, 0.29) is 6.04 Å². The topological polar surface area (TPSA) is 26.0 Å². The molecule has 1 fully saturated rings. The maximum Gasteiger partial charge on any atom is 0.0408 e. The van der Waals surface area contributed by atoms with Crippen LogP contribution in [0, 0.1) is 11.8 Å². The summed E-state index contributed by atoms with van der Waals surface area (Å²) >= 11 is 6.00. The van der Waals surface area contributed by atoms with E-state index in [0.717, 1.165) is 17.4 Å². The van der Waals surface area contributed by atoms with Gasteiger partial charge >= 0.3 is 0 Å². The van der Waals surface area contributed by atoms with Crippen LogP contribution in [0.2, 0.25) is 5.02 Å². The van der Waals surface area contributed by atoms with Gasteiger partial charge in [0.1, 0.15) is 0 Å². The van der Waals surface area contributed by atoms with E-state index in [2.05, 4.69) is 13.0 Å². The molecule has 1 nitrogen and oxygen atoms in total. The highest BCUT2D eigenvalue weighted by molar-refractivity contribution is 6.30. The Kier molecular flexibility index (Phi) is 4.47. The van der Waals surface area contributed by atoms with E-state index in [1.807, 2.05) is 18.2 Å². The molecule has 3 atom stereocenters. The molecule has 0 amide bonds. The highest BCUT2D eigenvalue weighted by Crippen LogP contribution is 2.31. The van der Waals surface area contributed by atoms with Crippen LogP contribution in [-0.4, -0.2) is 6.04 Å². The van der Waals surface area contributed by atoms with E-state index in [1.54, 1.807) is 0 Å². The number of hydrogen-bond donors (Lipinski definition) is 1. The monoisotopic (exact) mass is 251 g/mol. The molecule has 1 aromatic carbocycles. The van der Waals surface area contributed by atoms with Crippen molar-refractivity contribution in [3.8, 4) is 0 Å². The highest BCUT2D eigenvalue weighted by atomic mass is 35.5.